The molecule has 1 heterocycles. The van der Waals surface area contributed by atoms with E-state index < -0.39 is 0 Å². The van der Waals surface area contributed by atoms with Gasteiger partial charge in [0, 0.05) is 12.2 Å². The zero-order valence-corrected chi connectivity index (χ0v) is 10.7. The van der Waals surface area contributed by atoms with Crippen LogP contribution >= 0.6 is 0 Å². The van der Waals surface area contributed by atoms with Gasteiger partial charge in [-0.15, -0.1) is 0 Å². The minimum absolute atomic E-state index is 0.506. The molecule has 17 heavy (non-hydrogen) atoms. The van der Waals surface area contributed by atoms with Crippen LogP contribution in [-0.2, 0) is 0 Å². The molecule has 1 aliphatic rings. The van der Waals surface area contributed by atoms with Crippen LogP contribution in [0.1, 0.15) is 62.3 Å². The first kappa shape index (κ1) is 11.9. The molecule has 2 rings (SSSR count). The molecule has 0 aromatic carbocycles. The predicted molar refractivity (Wildman–Crippen MR) is 69.2 cm³/mol. The number of hydrogen-bond acceptors (Lipinski definition) is 3. The van der Waals surface area contributed by atoms with Crippen LogP contribution in [0.3, 0.4) is 0 Å². The van der Waals surface area contributed by atoms with E-state index >= 15 is 0 Å². The fourth-order valence-corrected chi connectivity index (χ4v) is 2.51. The number of nitriles is 1. The SMILES string of the molecule is CCNc1nc2c(cc1C#N)C(C)CCC2C. The van der Waals surface area contributed by atoms with Crippen LogP contribution in [0.2, 0.25) is 0 Å². The van der Waals surface area contributed by atoms with Crippen molar-refractivity contribution in [3.8, 4) is 6.07 Å². The van der Waals surface area contributed by atoms with Gasteiger partial charge in [-0.2, -0.15) is 5.26 Å². The highest BCUT2D eigenvalue weighted by molar-refractivity contribution is 5.55. The van der Waals surface area contributed by atoms with Gasteiger partial charge in [0.15, 0.2) is 0 Å². The maximum Gasteiger partial charge on any atom is 0.144 e. The minimum Gasteiger partial charge on any atom is -0.369 e. The van der Waals surface area contributed by atoms with Crippen LogP contribution in [0.25, 0.3) is 0 Å². The van der Waals surface area contributed by atoms with Crippen LogP contribution in [0.15, 0.2) is 6.07 Å². The largest absolute Gasteiger partial charge is 0.369 e. The van der Waals surface area contributed by atoms with Gasteiger partial charge in [0.25, 0.3) is 0 Å². The Balaban J connectivity index is 2.53. The first-order valence-electron chi connectivity index (χ1n) is 6.36. The number of hydrogen-bond donors (Lipinski definition) is 1. The molecule has 0 saturated carbocycles. The molecule has 1 N–H and O–H groups in total. The molecule has 1 aromatic rings. The molecule has 3 nitrogen and oxygen atoms in total. The summed E-state index contributed by atoms with van der Waals surface area (Å²) >= 11 is 0. The summed E-state index contributed by atoms with van der Waals surface area (Å²) in [7, 11) is 0. The molecule has 90 valence electrons. The van der Waals surface area contributed by atoms with Crippen LogP contribution in [0.4, 0.5) is 5.82 Å². The summed E-state index contributed by atoms with van der Waals surface area (Å²) in [4.78, 5) is 4.67. The zero-order chi connectivity index (χ0) is 12.4. The lowest BCUT2D eigenvalue weighted by atomic mass is 9.81. The van der Waals surface area contributed by atoms with Crippen LogP contribution in [-0.4, -0.2) is 11.5 Å². The first-order chi connectivity index (χ1) is 8.17. The number of fused-ring (bicyclic) bond motifs is 1. The average Bonchev–Trinajstić information content (AvgIpc) is 2.34. The molecule has 0 fully saturated rings. The van der Waals surface area contributed by atoms with Gasteiger partial charge in [-0.25, -0.2) is 4.98 Å². The molecule has 0 bridgehead atoms. The van der Waals surface area contributed by atoms with Crippen molar-refractivity contribution in [2.75, 3.05) is 11.9 Å². The molecule has 1 aromatic heterocycles. The van der Waals surface area contributed by atoms with E-state index in [1.165, 1.54) is 24.1 Å². The predicted octanol–water partition coefficient (Wildman–Crippen LogP) is 3.39. The Morgan fingerprint density at radius 3 is 2.76 bits per heavy atom. The topological polar surface area (TPSA) is 48.7 Å². The summed E-state index contributed by atoms with van der Waals surface area (Å²) in [5.74, 6) is 1.78. The normalized spacial score (nSPS) is 22.7. The monoisotopic (exact) mass is 229 g/mol. The van der Waals surface area contributed by atoms with Crippen molar-refractivity contribution >= 4 is 5.82 Å². The van der Waals surface area contributed by atoms with Gasteiger partial charge >= 0.3 is 0 Å². The fraction of sp³-hybridized carbons (Fsp3) is 0.571. The van der Waals surface area contributed by atoms with E-state index in [-0.39, 0.29) is 0 Å². The number of aromatic nitrogens is 1. The van der Waals surface area contributed by atoms with Gasteiger partial charge in [0.2, 0.25) is 0 Å². The molecule has 0 amide bonds. The van der Waals surface area contributed by atoms with Crippen molar-refractivity contribution in [2.24, 2.45) is 0 Å². The van der Waals surface area contributed by atoms with Gasteiger partial charge < -0.3 is 5.32 Å². The Morgan fingerprint density at radius 1 is 1.41 bits per heavy atom. The third kappa shape index (κ3) is 2.12. The van der Waals surface area contributed by atoms with Crippen LogP contribution < -0.4 is 5.32 Å². The number of nitrogens with one attached hydrogen (secondary N) is 1. The van der Waals surface area contributed by atoms with E-state index in [4.69, 9.17) is 5.26 Å². The number of rotatable bonds is 2. The smallest absolute Gasteiger partial charge is 0.144 e. The second-order valence-electron chi connectivity index (χ2n) is 4.88. The summed E-state index contributed by atoms with van der Waals surface area (Å²) < 4.78 is 0. The number of nitrogens with zero attached hydrogens (tertiary/aromatic N) is 2. The first-order valence-corrected chi connectivity index (χ1v) is 6.36. The standard InChI is InChI=1S/C14H19N3/c1-4-16-14-11(8-15)7-12-9(2)5-6-10(3)13(12)17-14/h7,9-10H,4-6H2,1-3H3,(H,16,17). The molecule has 3 heteroatoms. The van der Waals surface area contributed by atoms with E-state index in [1.807, 2.05) is 13.0 Å². The van der Waals surface area contributed by atoms with Crippen molar-refractivity contribution in [1.29, 1.82) is 5.26 Å². The van der Waals surface area contributed by atoms with Crippen molar-refractivity contribution in [2.45, 2.75) is 45.4 Å². The highest BCUT2D eigenvalue weighted by Gasteiger charge is 2.25. The van der Waals surface area contributed by atoms with Crippen LogP contribution in [0.5, 0.6) is 0 Å². The van der Waals surface area contributed by atoms with E-state index in [9.17, 15) is 0 Å². The average molecular weight is 229 g/mol. The Kier molecular flexibility index (Phi) is 3.33. The number of pyridine rings is 1. The van der Waals surface area contributed by atoms with Gasteiger partial charge in [-0.05, 0) is 43.2 Å². The Morgan fingerprint density at radius 2 is 2.12 bits per heavy atom. The van der Waals surface area contributed by atoms with Crippen LogP contribution in [0, 0.1) is 11.3 Å². The summed E-state index contributed by atoms with van der Waals surface area (Å²) in [6.07, 6.45) is 2.39. The molecule has 0 radical (unpaired) electrons. The van der Waals surface area contributed by atoms with Gasteiger partial charge in [0.1, 0.15) is 11.9 Å². The van der Waals surface area contributed by atoms with Crippen molar-refractivity contribution < 1.29 is 0 Å². The molecule has 0 spiro atoms. The third-order valence-corrected chi connectivity index (χ3v) is 3.58. The van der Waals surface area contributed by atoms with Gasteiger partial charge in [0.05, 0.1) is 5.56 Å². The second-order valence-corrected chi connectivity index (χ2v) is 4.88. The Bertz CT molecular complexity index is 459. The summed E-state index contributed by atoms with van der Waals surface area (Å²) in [5, 5.41) is 12.3. The molecular formula is C14H19N3. The maximum absolute atomic E-state index is 9.17. The summed E-state index contributed by atoms with van der Waals surface area (Å²) in [5.41, 5.74) is 3.12. The Labute approximate surface area is 103 Å². The van der Waals surface area contributed by atoms with E-state index in [2.05, 4.69) is 30.2 Å². The molecule has 1 aliphatic carbocycles. The van der Waals surface area contributed by atoms with Gasteiger partial charge in [-0.3, -0.25) is 0 Å². The van der Waals surface area contributed by atoms with Crippen molar-refractivity contribution in [3.05, 3.63) is 22.9 Å². The van der Waals surface area contributed by atoms with E-state index in [0.29, 0.717) is 17.4 Å². The molecule has 0 saturated heterocycles. The maximum atomic E-state index is 9.17. The number of anilines is 1. The molecular weight excluding hydrogens is 210 g/mol. The summed E-state index contributed by atoms with van der Waals surface area (Å²) in [6, 6.07) is 4.27. The highest BCUT2D eigenvalue weighted by Crippen LogP contribution is 2.38. The lowest BCUT2D eigenvalue weighted by Gasteiger charge is -2.27. The van der Waals surface area contributed by atoms with Crippen molar-refractivity contribution in [3.63, 3.8) is 0 Å². The van der Waals surface area contributed by atoms with Gasteiger partial charge in [-0.1, -0.05) is 13.8 Å². The quantitative estimate of drug-likeness (QED) is 0.845. The highest BCUT2D eigenvalue weighted by atomic mass is 15.0. The van der Waals surface area contributed by atoms with E-state index in [0.717, 1.165) is 12.4 Å². The Hall–Kier alpha value is -1.56. The second kappa shape index (κ2) is 4.75. The van der Waals surface area contributed by atoms with Crippen molar-refractivity contribution in [1.82, 2.24) is 4.98 Å². The van der Waals surface area contributed by atoms with E-state index in [1.54, 1.807) is 0 Å². The third-order valence-electron chi connectivity index (χ3n) is 3.58. The fourth-order valence-electron chi connectivity index (χ4n) is 2.51. The zero-order valence-electron chi connectivity index (χ0n) is 10.7. The lowest BCUT2D eigenvalue weighted by molar-refractivity contribution is 0.515. The minimum atomic E-state index is 0.506. The molecule has 0 aliphatic heterocycles. The summed E-state index contributed by atoms with van der Waals surface area (Å²) in [6.45, 7) is 7.26. The lowest BCUT2D eigenvalue weighted by Crippen LogP contribution is -2.15. The molecule has 2 atom stereocenters. The molecule has 2 unspecified atom stereocenters.